The van der Waals surface area contributed by atoms with Gasteiger partial charge in [-0.2, -0.15) is 0 Å². The Labute approximate surface area is 217 Å². The van der Waals surface area contributed by atoms with Crippen LogP contribution in [-0.2, 0) is 9.59 Å². The van der Waals surface area contributed by atoms with Gasteiger partial charge in [0.15, 0.2) is 0 Å². The maximum Gasteiger partial charge on any atom is 0.343 e. The van der Waals surface area contributed by atoms with Gasteiger partial charge in [-0.3, -0.25) is 4.79 Å². The Kier molecular flexibility index (Phi) is 11.8. The molecule has 6 heteroatoms. The van der Waals surface area contributed by atoms with E-state index in [1.807, 2.05) is 60.7 Å². The third-order valence-electron chi connectivity index (χ3n) is 4.51. The summed E-state index contributed by atoms with van der Waals surface area (Å²) in [5, 5.41) is 0. The molecule has 0 radical (unpaired) electrons. The van der Waals surface area contributed by atoms with Crippen molar-refractivity contribution in [3.8, 4) is 28.4 Å². The van der Waals surface area contributed by atoms with E-state index in [1.54, 1.807) is 55.6 Å². The molecule has 0 aliphatic carbocycles. The number of carbonyl (C=O) groups excluding carboxylic acids is 3. The lowest BCUT2D eigenvalue weighted by Crippen LogP contribution is -2.08. The first kappa shape index (κ1) is 28.5. The third-order valence-corrected chi connectivity index (χ3v) is 4.51. The van der Waals surface area contributed by atoms with Crippen LogP contribution in [0, 0.1) is 0 Å². The van der Waals surface area contributed by atoms with E-state index in [-0.39, 0.29) is 11.8 Å². The van der Waals surface area contributed by atoms with Crippen molar-refractivity contribution in [2.45, 2.75) is 20.8 Å². The molecule has 0 fully saturated rings. The van der Waals surface area contributed by atoms with Crippen LogP contribution in [0.4, 0.5) is 0 Å². The summed E-state index contributed by atoms with van der Waals surface area (Å²) in [7, 11) is 1.57. The topological polar surface area (TPSA) is 78.9 Å². The number of hydrogen-bond acceptors (Lipinski definition) is 6. The van der Waals surface area contributed by atoms with Gasteiger partial charge in [-0.15, -0.1) is 0 Å². The molecule has 0 N–H and O–H groups in total. The van der Waals surface area contributed by atoms with Crippen molar-refractivity contribution < 1.29 is 28.6 Å². The maximum atomic E-state index is 12.2. The van der Waals surface area contributed by atoms with E-state index in [0.717, 1.165) is 11.1 Å². The molecule has 0 atom stereocenters. The van der Waals surface area contributed by atoms with Crippen LogP contribution in [0.3, 0.4) is 0 Å². The van der Waals surface area contributed by atoms with Crippen molar-refractivity contribution in [1.82, 2.24) is 0 Å². The molecule has 0 unspecified atom stereocenters. The van der Waals surface area contributed by atoms with Crippen LogP contribution in [0.15, 0.2) is 109 Å². The largest absolute Gasteiger partial charge is 0.497 e. The fourth-order valence-corrected chi connectivity index (χ4v) is 2.87. The second-order valence-corrected chi connectivity index (χ2v) is 7.82. The van der Waals surface area contributed by atoms with Gasteiger partial charge in [0.2, 0.25) is 0 Å². The van der Waals surface area contributed by atoms with Crippen LogP contribution in [0.1, 0.15) is 31.1 Å². The molecule has 4 rings (SSSR count). The van der Waals surface area contributed by atoms with Gasteiger partial charge in [0.25, 0.3) is 0 Å². The van der Waals surface area contributed by atoms with Crippen molar-refractivity contribution in [2.75, 3.05) is 7.11 Å². The first-order valence-corrected chi connectivity index (χ1v) is 11.5. The van der Waals surface area contributed by atoms with Crippen molar-refractivity contribution in [3.05, 3.63) is 115 Å². The van der Waals surface area contributed by atoms with E-state index < -0.39 is 5.97 Å². The van der Waals surface area contributed by atoms with E-state index in [9.17, 15) is 14.4 Å². The summed E-state index contributed by atoms with van der Waals surface area (Å²) < 4.78 is 15.5. The third kappa shape index (κ3) is 11.0. The Hall–Kier alpha value is -4.71. The molecule has 0 bridgehead atoms. The van der Waals surface area contributed by atoms with E-state index in [2.05, 4.69) is 0 Å². The lowest BCUT2D eigenvalue weighted by atomic mass is 10.1. The quantitative estimate of drug-likeness (QED) is 0.223. The fraction of sp³-hybridized carbons (Fsp3) is 0.129. The highest BCUT2D eigenvalue weighted by Gasteiger charge is 2.09. The number of esters is 2. The highest BCUT2D eigenvalue weighted by atomic mass is 16.5. The average Bonchev–Trinajstić information content (AvgIpc) is 2.90. The predicted octanol–water partition coefficient (Wildman–Crippen LogP) is 6.79. The zero-order valence-corrected chi connectivity index (χ0v) is 21.3. The minimum atomic E-state index is -0.434. The number of ketones is 1. The number of carbonyl (C=O) groups is 3. The number of methoxy groups -OCH3 is 1. The van der Waals surface area contributed by atoms with Gasteiger partial charge in [-0.05, 0) is 73.5 Å². The normalized spacial score (nSPS) is 9.41. The first-order valence-electron chi connectivity index (χ1n) is 11.5. The van der Waals surface area contributed by atoms with Gasteiger partial charge >= 0.3 is 11.9 Å². The molecule has 0 aliphatic heterocycles. The summed E-state index contributed by atoms with van der Waals surface area (Å²) >= 11 is 0. The van der Waals surface area contributed by atoms with Gasteiger partial charge in [-0.1, -0.05) is 60.7 Å². The van der Waals surface area contributed by atoms with Crippen LogP contribution in [-0.4, -0.2) is 24.8 Å². The average molecular weight is 499 g/mol. The molecule has 4 aromatic carbocycles. The Morgan fingerprint density at radius 2 is 0.865 bits per heavy atom. The molecule has 0 spiro atoms. The Morgan fingerprint density at radius 1 is 0.514 bits per heavy atom. The fourth-order valence-electron chi connectivity index (χ4n) is 2.87. The summed E-state index contributed by atoms with van der Waals surface area (Å²) in [5.41, 5.74) is 2.36. The standard InChI is InChI=1S/C22H18O5.C6H6.C3H6O/c1-15(23)26-20-11-3-16(4-12-20)17-5-13-21(14-6-17)27-22(24)18-7-9-19(25-2)10-8-18;1-2-4-6-5-3-1;1-3(2)4/h3-14H,1-2H3;1-6H;1-2H3. The molecule has 0 aromatic heterocycles. The minimum Gasteiger partial charge on any atom is -0.497 e. The molecule has 190 valence electrons. The lowest BCUT2D eigenvalue weighted by molar-refractivity contribution is -0.131. The Morgan fingerprint density at radius 3 is 1.22 bits per heavy atom. The molecule has 0 amide bonds. The molecular weight excluding hydrogens is 468 g/mol. The van der Waals surface area contributed by atoms with Gasteiger partial charge in [0, 0.05) is 6.92 Å². The SMILES string of the molecule is CC(C)=O.COc1ccc(C(=O)Oc2ccc(-c3ccc(OC(C)=O)cc3)cc2)cc1.c1ccccc1. The molecule has 37 heavy (non-hydrogen) atoms. The van der Waals surface area contributed by atoms with Crippen LogP contribution < -0.4 is 14.2 Å². The zero-order valence-electron chi connectivity index (χ0n) is 21.3. The van der Waals surface area contributed by atoms with E-state index in [4.69, 9.17) is 14.2 Å². The van der Waals surface area contributed by atoms with Gasteiger partial charge in [0.1, 0.15) is 23.0 Å². The highest BCUT2D eigenvalue weighted by Crippen LogP contribution is 2.25. The molecule has 6 nitrogen and oxygen atoms in total. The molecule has 0 saturated heterocycles. The maximum absolute atomic E-state index is 12.2. The van der Waals surface area contributed by atoms with Crippen molar-refractivity contribution in [1.29, 1.82) is 0 Å². The Bertz CT molecular complexity index is 1220. The second kappa shape index (κ2) is 15.3. The first-order chi connectivity index (χ1) is 17.8. The highest BCUT2D eigenvalue weighted by molar-refractivity contribution is 5.91. The minimum absolute atomic E-state index is 0.167. The van der Waals surface area contributed by atoms with Crippen LogP contribution in [0.25, 0.3) is 11.1 Å². The summed E-state index contributed by atoms with van der Waals surface area (Å²) in [6, 6.07) is 33.1. The smallest absolute Gasteiger partial charge is 0.343 e. The zero-order chi connectivity index (χ0) is 27.0. The van der Waals surface area contributed by atoms with Gasteiger partial charge in [-0.25, -0.2) is 4.79 Å². The summed E-state index contributed by atoms with van der Waals surface area (Å²) in [5.74, 6) is 1.00. The van der Waals surface area contributed by atoms with E-state index in [0.29, 0.717) is 22.8 Å². The lowest BCUT2D eigenvalue weighted by Gasteiger charge is -2.07. The molecule has 0 heterocycles. The monoisotopic (exact) mass is 498 g/mol. The van der Waals surface area contributed by atoms with Crippen LogP contribution in [0.5, 0.6) is 17.2 Å². The van der Waals surface area contributed by atoms with Gasteiger partial charge < -0.3 is 19.0 Å². The predicted molar refractivity (Wildman–Crippen MR) is 144 cm³/mol. The van der Waals surface area contributed by atoms with Gasteiger partial charge in [0.05, 0.1) is 12.7 Å². The molecule has 4 aromatic rings. The molecule has 0 saturated carbocycles. The summed E-state index contributed by atoms with van der Waals surface area (Å²) in [6.07, 6.45) is 0. The van der Waals surface area contributed by atoms with E-state index >= 15 is 0 Å². The molecular formula is C31H30O6. The number of ether oxygens (including phenoxy) is 3. The second-order valence-electron chi connectivity index (χ2n) is 7.82. The van der Waals surface area contributed by atoms with Crippen LogP contribution in [0.2, 0.25) is 0 Å². The number of Topliss-reactive ketones (excluding diaryl/α,β-unsaturated/α-hetero) is 1. The summed E-state index contributed by atoms with van der Waals surface area (Å²) in [6.45, 7) is 4.42. The number of benzene rings is 4. The van der Waals surface area contributed by atoms with Crippen molar-refractivity contribution in [2.24, 2.45) is 0 Å². The number of rotatable bonds is 5. The van der Waals surface area contributed by atoms with Crippen LogP contribution >= 0.6 is 0 Å². The van der Waals surface area contributed by atoms with Crippen molar-refractivity contribution in [3.63, 3.8) is 0 Å². The molecule has 0 aliphatic rings. The number of hydrogen-bond donors (Lipinski definition) is 0. The van der Waals surface area contributed by atoms with E-state index in [1.165, 1.54) is 20.8 Å². The Balaban J connectivity index is 0.000000403. The summed E-state index contributed by atoms with van der Waals surface area (Å²) in [4.78, 5) is 32.6. The van der Waals surface area contributed by atoms with Crippen molar-refractivity contribution >= 4 is 17.7 Å².